The Morgan fingerprint density at radius 1 is 1.00 bits per heavy atom. The number of hydrogen-bond donors (Lipinski definition) is 1. The SMILES string of the molecule is Cc1cc(C(=O)NCCN2CCN(C(=O)C3CCCC3)CC2)c(C)n1-c1ccccc1. The molecule has 2 amide bonds. The van der Waals surface area contributed by atoms with E-state index in [0.29, 0.717) is 12.5 Å². The second-order valence-corrected chi connectivity index (χ2v) is 8.86. The van der Waals surface area contributed by atoms with Gasteiger partial charge in [-0.15, -0.1) is 0 Å². The van der Waals surface area contributed by atoms with Crippen molar-refractivity contribution in [2.45, 2.75) is 39.5 Å². The molecule has 1 aromatic heterocycles. The smallest absolute Gasteiger partial charge is 0.253 e. The molecular formula is C25H34N4O2. The Kier molecular flexibility index (Phi) is 6.76. The van der Waals surface area contributed by atoms with Crippen LogP contribution in [-0.4, -0.2) is 65.4 Å². The Bertz CT molecular complexity index is 907. The van der Waals surface area contributed by atoms with Crippen molar-refractivity contribution in [1.29, 1.82) is 0 Å². The van der Waals surface area contributed by atoms with Gasteiger partial charge in [0.25, 0.3) is 5.91 Å². The van der Waals surface area contributed by atoms with E-state index in [9.17, 15) is 9.59 Å². The van der Waals surface area contributed by atoms with Crippen LogP contribution in [0.5, 0.6) is 0 Å². The predicted octanol–water partition coefficient (Wildman–Crippen LogP) is 3.16. The first-order valence-electron chi connectivity index (χ1n) is 11.6. The highest BCUT2D eigenvalue weighted by atomic mass is 16.2. The van der Waals surface area contributed by atoms with E-state index in [1.165, 1.54) is 12.8 Å². The number of aromatic nitrogens is 1. The van der Waals surface area contributed by atoms with Crippen LogP contribution in [0.4, 0.5) is 0 Å². The molecule has 6 heteroatoms. The van der Waals surface area contributed by atoms with Gasteiger partial charge in [-0.1, -0.05) is 31.0 Å². The van der Waals surface area contributed by atoms with Crippen molar-refractivity contribution in [2.75, 3.05) is 39.3 Å². The molecule has 2 aromatic rings. The summed E-state index contributed by atoms with van der Waals surface area (Å²) in [4.78, 5) is 29.8. The minimum absolute atomic E-state index is 0.0228. The molecule has 0 atom stereocenters. The maximum Gasteiger partial charge on any atom is 0.253 e. The van der Waals surface area contributed by atoms with E-state index in [0.717, 1.165) is 68.2 Å². The van der Waals surface area contributed by atoms with E-state index in [1.54, 1.807) is 0 Å². The first kappa shape index (κ1) is 21.6. The Hall–Kier alpha value is -2.60. The summed E-state index contributed by atoms with van der Waals surface area (Å²) >= 11 is 0. The molecule has 4 rings (SSSR count). The van der Waals surface area contributed by atoms with Crippen molar-refractivity contribution in [3.05, 3.63) is 53.3 Å². The Morgan fingerprint density at radius 3 is 2.35 bits per heavy atom. The summed E-state index contributed by atoms with van der Waals surface area (Å²) in [5.74, 6) is 0.602. The molecule has 166 valence electrons. The lowest BCUT2D eigenvalue weighted by Gasteiger charge is -2.36. The fourth-order valence-corrected chi connectivity index (χ4v) is 5.01. The minimum atomic E-state index is -0.0228. The molecule has 2 aliphatic rings. The second kappa shape index (κ2) is 9.69. The van der Waals surface area contributed by atoms with Crippen LogP contribution in [0.1, 0.15) is 47.4 Å². The van der Waals surface area contributed by atoms with Gasteiger partial charge < -0.3 is 14.8 Å². The third kappa shape index (κ3) is 4.85. The molecule has 1 saturated heterocycles. The van der Waals surface area contributed by atoms with E-state index in [-0.39, 0.29) is 11.8 Å². The molecule has 1 saturated carbocycles. The topological polar surface area (TPSA) is 57.6 Å². The van der Waals surface area contributed by atoms with Gasteiger partial charge in [0.15, 0.2) is 0 Å². The number of hydrogen-bond acceptors (Lipinski definition) is 3. The molecule has 6 nitrogen and oxygen atoms in total. The summed E-state index contributed by atoms with van der Waals surface area (Å²) in [6.45, 7) is 8.84. The summed E-state index contributed by atoms with van der Waals surface area (Å²) in [5.41, 5.74) is 3.81. The maximum absolute atomic E-state index is 12.8. The third-order valence-electron chi connectivity index (χ3n) is 6.79. The Labute approximate surface area is 185 Å². The van der Waals surface area contributed by atoms with Crippen molar-refractivity contribution in [3.8, 4) is 5.69 Å². The summed E-state index contributed by atoms with van der Waals surface area (Å²) in [6, 6.07) is 12.1. The van der Waals surface area contributed by atoms with E-state index in [1.807, 2.05) is 43.0 Å². The zero-order valence-electron chi connectivity index (χ0n) is 18.8. The third-order valence-corrected chi connectivity index (χ3v) is 6.79. The molecule has 2 heterocycles. The first-order valence-corrected chi connectivity index (χ1v) is 11.6. The molecule has 1 aliphatic heterocycles. The molecule has 0 radical (unpaired) electrons. The van der Waals surface area contributed by atoms with Crippen molar-refractivity contribution < 1.29 is 9.59 Å². The van der Waals surface area contributed by atoms with Crippen LogP contribution >= 0.6 is 0 Å². The standard InChI is InChI=1S/C25H34N4O2/c1-19-18-23(20(2)29(19)22-10-4-3-5-11-22)24(30)26-12-13-27-14-16-28(17-15-27)25(31)21-8-6-7-9-21/h3-5,10-11,18,21H,6-9,12-17H2,1-2H3,(H,26,30). The molecule has 1 aromatic carbocycles. The molecule has 1 aliphatic carbocycles. The zero-order valence-corrected chi connectivity index (χ0v) is 18.8. The first-order chi connectivity index (χ1) is 15.0. The summed E-state index contributed by atoms with van der Waals surface area (Å²) in [6.07, 6.45) is 4.53. The zero-order chi connectivity index (χ0) is 21.8. The van der Waals surface area contributed by atoms with Crippen molar-refractivity contribution in [3.63, 3.8) is 0 Å². The van der Waals surface area contributed by atoms with Crippen LogP contribution < -0.4 is 5.32 Å². The van der Waals surface area contributed by atoms with Gasteiger partial charge in [0, 0.05) is 62.3 Å². The van der Waals surface area contributed by atoms with Gasteiger partial charge >= 0.3 is 0 Å². The summed E-state index contributed by atoms with van der Waals surface area (Å²) < 4.78 is 2.12. The number of carbonyl (C=O) groups is 2. The average molecular weight is 423 g/mol. The van der Waals surface area contributed by atoms with Gasteiger partial charge in [-0.2, -0.15) is 0 Å². The van der Waals surface area contributed by atoms with Crippen molar-refractivity contribution in [2.24, 2.45) is 5.92 Å². The van der Waals surface area contributed by atoms with E-state index >= 15 is 0 Å². The molecular weight excluding hydrogens is 388 g/mol. The van der Waals surface area contributed by atoms with Crippen LogP contribution in [0, 0.1) is 19.8 Å². The van der Waals surface area contributed by atoms with Gasteiger partial charge in [0.05, 0.1) is 5.56 Å². The van der Waals surface area contributed by atoms with Gasteiger partial charge in [-0.25, -0.2) is 0 Å². The van der Waals surface area contributed by atoms with E-state index in [4.69, 9.17) is 0 Å². The van der Waals surface area contributed by atoms with E-state index in [2.05, 4.69) is 26.9 Å². The Morgan fingerprint density at radius 2 is 1.68 bits per heavy atom. The van der Waals surface area contributed by atoms with Gasteiger partial charge in [0.2, 0.25) is 5.91 Å². The highest BCUT2D eigenvalue weighted by molar-refractivity contribution is 5.95. The van der Waals surface area contributed by atoms with Crippen LogP contribution in [0.3, 0.4) is 0 Å². The highest BCUT2D eigenvalue weighted by Gasteiger charge is 2.29. The monoisotopic (exact) mass is 422 g/mol. The number of nitrogens with zero attached hydrogens (tertiary/aromatic N) is 3. The summed E-state index contributed by atoms with van der Waals surface area (Å²) in [5, 5.41) is 3.08. The number of benzene rings is 1. The van der Waals surface area contributed by atoms with Gasteiger partial charge in [-0.05, 0) is 44.9 Å². The van der Waals surface area contributed by atoms with Crippen molar-refractivity contribution >= 4 is 11.8 Å². The number of rotatable bonds is 6. The molecule has 2 fully saturated rings. The maximum atomic E-state index is 12.8. The quantitative estimate of drug-likeness (QED) is 0.778. The largest absolute Gasteiger partial charge is 0.351 e. The molecule has 1 N–H and O–H groups in total. The second-order valence-electron chi connectivity index (χ2n) is 8.86. The fourth-order valence-electron chi connectivity index (χ4n) is 5.01. The normalized spacial score (nSPS) is 17.8. The number of aryl methyl sites for hydroxylation is 1. The molecule has 0 bridgehead atoms. The van der Waals surface area contributed by atoms with Gasteiger partial charge in [0.1, 0.15) is 0 Å². The minimum Gasteiger partial charge on any atom is -0.351 e. The lowest BCUT2D eigenvalue weighted by Crippen LogP contribution is -2.51. The van der Waals surface area contributed by atoms with Crippen LogP contribution in [0.25, 0.3) is 5.69 Å². The van der Waals surface area contributed by atoms with Crippen LogP contribution in [0.2, 0.25) is 0 Å². The number of para-hydroxylation sites is 1. The average Bonchev–Trinajstić information content (AvgIpc) is 3.42. The number of piperazine rings is 1. The summed E-state index contributed by atoms with van der Waals surface area (Å²) in [7, 11) is 0. The molecule has 31 heavy (non-hydrogen) atoms. The lowest BCUT2D eigenvalue weighted by molar-refractivity contribution is -0.137. The van der Waals surface area contributed by atoms with Gasteiger partial charge in [-0.3, -0.25) is 14.5 Å². The fraction of sp³-hybridized carbons (Fsp3) is 0.520. The Balaban J connectivity index is 1.25. The molecule has 0 unspecified atom stereocenters. The number of carbonyl (C=O) groups excluding carboxylic acids is 2. The van der Waals surface area contributed by atoms with E-state index < -0.39 is 0 Å². The molecule has 0 spiro atoms. The van der Waals surface area contributed by atoms with Crippen LogP contribution in [-0.2, 0) is 4.79 Å². The van der Waals surface area contributed by atoms with Crippen molar-refractivity contribution in [1.82, 2.24) is 19.7 Å². The van der Waals surface area contributed by atoms with Crippen LogP contribution in [0.15, 0.2) is 36.4 Å². The highest BCUT2D eigenvalue weighted by Crippen LogP contribution is 2.27. The predicted molar refractivity (Wildman–Crippen MR) is 123 cm³/mol. The number of nitrogens with one attached hydrogen (secondary N) is 1. The lowest BCUT2D eigenvalue weighted by atomic mass is 10.1. The number of amides is 2.